The van der Waals surface area contributed by atoms with E-state index in [1.54, 1.807) is 13.4 Å². The molecular formula is C20H24N6O2S. The molecule has 2 aromatic heterocycles. The molecular weight excluding hydrogens is 388 g/mol. The van der Waals surface area contributed by atoms with Crippen molar-refractivity contribution in [3.05, 3.63) is 48.4 Å². The average molecular weight is 413 g/mol. The van der Waals surface area contributed by atoms with E-state index in [-0.39, 0.29) is 11.7 Å². The molecule has 0 saturated heterocycles. The van der Waals surface area contributed by atoms with Gasteiger partial charge in [-0.15, -0.1) is 10.2 Å². The minimum absolute atomic E-state index is 0.0964. The third-order valence-corrected chi connectivity index (χ3v) is 5.63. The summed E-state index contributed by atoms with van der Waals surface area (Å²) in [5.41, 5.74) is 1.97. The van der Waals surface area contributed by atoms with Gasteiger partial charge in [-0.3, -0.25) is 4.79 Å². The molecule has 0 atom stereocenters. The summed E-state index contributed by atoms with van der Waals surface area (Å²) >= 11 is 1.37. The largest absolute Gasteiger partial charge is 0.385 e. The normalized spacial score (nSPS) is 13.6. The van der Waals surface area contributed by atoms with Crippen LogP contribution >= 0.6 is 11.8 Å². The molecule has 1 saturated carbocycles. The number of benzene rings is 1. The molecule has 9 heteroatoms. The fourth-order valence-electron chi connectivity index (χ4n) is 3.03. The van der Waals surface area contributed by atoms with Crippen LogP contribution in [0.3, 0.4) is 0 Å². The second-order valence-electron chi connectivity index (χ2n) is 6.97. The van der Waals surface area contributed by atoms with Crippen molar-refractivity contribution < 1.29 is 9.53 Å². The van der Waals surface area contributed by atoms with Crippen molar-refractivity contribution in [2.45, 2.75) is 36.9 Å². The molecule has 1 fully saturated rings. The first-order chi connectivity index (χ1) is 14.2. The number of thioether (sulfide) groups is 1. The summed E-state index contributed by atoms with van der Waals surface area (Å²) in [5.74, 6) is 1.36. The van der Waals surface area contributed by atoms with Gasteiger partial charge in [0.1, 0.15) is 12.1 Å². The Labute approximate surface area is 173 Å². The summed E-state index contributed by atoms with van der Waals surface area (Å²) in [6.45, 7) is 1.44. The Hall–Kier alpha value is -2.65. The Balaban J connectivity index is 1.41. The van der Waals surface area contributed by atoms with Crippen molar-refractivity contribution in [2.75, 3.05) is 24.8 Å². The summed E-state index contributed by atoms with van der Waals surface area (Å²) in [6, 6.07) is 11.8. The Bertz CT molecular complexity index is 951. The van der Waals surface area contributed by atoms with Crippen molar-refractivity contribution >= 4 is 23.5 Å². The first kappa shape index (κ1) is 19.7. The molecule has 0 spiro atoms. The van der Waals surface area contributed by atoms with Gasteiger partial charge < -0.3 is 14.6 Å². The Morgan fingerprint density at radius 2 is 2.14 bits per heavy atom. The smallest absolute Gasteiger partial charge is 0.236 e. The van der Waals surface area contributed by atoms with E-state index >= 15 is 0 Å². The lowest BCUT2D eigenvalue weighted by molar-refractivity contribution is -0.113. The van der Waals surface area contributed by atoms with Crippen molar-refractivity contribution in [3.8, 4) is 5.69 Å². The summed E-state index contributed by atoms with van der Waals surface area (Å²) < 4.78 is 8.83. The van der Waals surface area contributed by atoms with Crippen LogP contribution < -0.4 is 5.32 Å². The SMILES string of the molecule is COCCCn1cnnc1SCC(=O)Nc1cc(C2CC2)nn1-c1ccccc1. The van der Waals surface area contributed by atoms with Crippen LogP contribution in [0.25, 0.3) is 5.69 Å². The number of para-hydroxylation sites is 1. The van der Waals surface area contributed by atoms with Crippen LogP contribution in [-0.4, -0.2) is 49.9 Å². The van der Waals surface area contributed by atoms with Gasteiger partial charge in [-0.1, -0.05) is 30.0 Å². The molecule has 0 unspecified atom stereocenters. The van der Waals surface area contributed by atoms with Crippen LogP contribution in [0.15, 0.2) is 47.9 Å². The quantitative estimate of drug-likeness (QED) is 0.407. The number of carbonyl (C=O) groups excluding carboxylic acids is 1. The van der Waals surface area contributed by atoms with Gasteiger partial charge in [-0.25, -0.2) is 4.68 Å². The van der Waals surface area contributed by atoms with Crippen LogP contribution in [0, 0.1) is 0 Å². The molecule has 3 aromatic rings. The number of nitrogens with zero attached hydrogens (tertiary/aromatic N) is 5. The zero-order valence-electron chi connectivity index (χ0n) is 16.3. The number of aryl methyl sites for hydroxylation is 1. The van der Waals surface area contributed by atoms with Gasteiger partial charge in [0, 0.05) is 32.2 Å². The minimum atomic E-state index is -0.0964. The standard InChI is InChI=1S/C20H24N6O2S/c1-28-11-5-10-25-14-21-23-20(25)29-13-19(27)22-18-12-17(15-8-9-15)24-26(18)16-6-3-2-4-7-16/h2-4,6-7,12,14-15H,5,8-11,13H2,1H3,(H,22,27). The fourth-order valence-corrected chi connectivity index (χ4v) is 3.77. The summed E-state index contributed by atoms with van der Waals surface area (Å²) in [4.78, 5) is 12.6. The van der Waals surface area contributed by atoms with Crippen LogP contribution in [-0.2, 0) is 16.1 Å². The Kier molecular flexibility index (Phi) is 6.26. The lowest BCUT2D eigenvalue weighted by atomic mass is 10.3. The molecule has 1 aliphatic carbocycles. The van der Waals surface area contributed by atoms with Crippen molar-refractivity contribution in [1.82, 2.24) is 24.5 Å². The molecule has 2 heterocycles. The number of aromatic nitrogens is 5. The number of methoxy groups -OCH3 is 1. The zero-order valence-corrected chi connectivity index (χ0v) is 17.1. The van der Waals surface area contributed by atoms with Gasteiger partial charge in [-0.05, 0) is 31.4 Å². The molecule has 1 aliphatic rings. The lowest BCUT2D eigenvalue weighted by Crippen LogP contribution is -2.17. The maximum Gasteiger partial charge on any atom is 0.236 e. The molecule has 0 aliphatic heterocycles. The molecule has 1 aromatic carbocycles. The summed E-state index contributed by atoms with van der Waals surface area (Å²) in [6.07, 6.45) is 4.87. The number of hydrogen-bond acceptors (Lipinski definition) is 6. The molecule has 1 N–H and O–H groups in total. The highest BCUT2D eigenvalue weighted by molar-refractivity contribution is 7.99. The van der Waals surface area contributed by atoms with Crippen molar-refractivity contribution in [3.63, 3.8) is 0 Å². The van der Waals surface area contributed by atoms with E-state index in [1.165, 1.54) is 11.8 Å². The number of rotatable bonds is 10. The Morgan fingerprint density at radius 3 is 2.90 bits per heavy atom. The van der Waals surface area contributed by atoms with Crippen molar-refractivity contribution in [1.29, 1.82) is 0 Å². The summed E-state index contributed by atoms with van der Waals surface area (Å²) in [7, 11) is 1.68. The lowest BCUT2D eigenvalue weighted by Gasteiger charge is -2.09. The monoisotopic (exact) mass is 412 g/mol. The number of nitrogens with one attached hydrogen (secondary N) is 1. The Morgan fingerprint density at radius 1 is 1.31 bits per heavy atom. The average Bonchev–Trinajstić information content (AvgIpc) is 3.36. The number of amides is 1. The topological polar surface area (TPSA) is 86.9 Å². The fraction of sp³-hybridized carbons (Fsp3) is 0.400. The van der Waals surface area contributed by atoms with Crippen LogP contribution in [0.5, 0.6) is 0 Å². The first-order valence-corrected chi connectivity index (χ1v) is 10.7. The van der Waals surface area contributed by atoms with E-state index in [0.717, 1.165) is 42.3 Å². The molecule has 0 bridgehead atoms. The van der Waals surface area contributed by atoms with Crippen LogP contribution in [0.4, 0.5) is 5.82 Å². The highest BCUT2D eigenvalue weighted by atomic mass is 32.2. The predicted molar refractivity (Wildman–Crippen MR) is 111 cm³/mol. The van der Waals surface area contributed by atoms with Crippen molar-refractivity contribution in [2.24, 2.45) is 0 Å². The summed E-state index contributed by atoms with van der Waals surface area (Å²) in [5, 5.41) is 16.5. The van der Waals surface area contributed by atoms with Gasteiger partial charge in [0.25, 0.3) is 0 Å². The number of anilines is 1. The van der Waals surface area contributed by atoms with Gasteiger partial charge in [-0.2, -0.15) is 5.10 Å². The van der Waals surface area contributed by atoms with E-state index in [1.807, 2.05) is 45.6 Å². The van der Waals surface area contributed by atoms with Crippen LogP contribution in [0.1, 0.15) is 30.9 Å². The van der Waals surface area contributed by atoms with E-state index in [2.05, 4.69) is 15.5 Å². The molecule has 4 rings (SSSR count). The number of carbonyl (C=O) groups is 1. The zero-order chi connectivity index (χ0) is 20.1. The van der Waals surface area contributed by atoms with Gasteiger partial charge in [0.15, 0.2) is 5.16 Å². The van der Waals surface area contributed by atoms with Crippen LogP contribution in [0.2, 0.25) is 0 Å². The van der Waals surface area contributed by atoms with E-state index in [0.29, 0.717) is 18.3 Å². The first-order valence-electron chi connectivity index (χ1n) is 9.69. The highest BCUT2D eigenvalue weighted by Crippen LogP contribution is 2.40. The second kappa shape index (κ2) is 9.23. The molecule has 0 radical (unpaired) electrons. The van der Waals surface area contributed by atoms with E-state index in [4.69, 9.17) is 9.84 Å². The predicted octanol–water partition coefficient (Wildman–Crippen LogP) is 3.11. The second-order valence-corrected chi connectivity index (χ2v) is 7.91. The maximum atomic E-state index is 12.6. The van der Waals surface area contributed by atoms with E-state index < -0.39 is 0 Å². The minimum Gasteiger partial charge on any atom is -0.385 e. The van der Waals surface area contributed by atoms with Gasteiger partial charge >= 0.3 is 0 Å². The van der Waals surface area contributed by atoms with Gasteiger partial charge in [0.05, 0.1) is 17.1 Å². The van der Waals surface area contributed by atoms with E-state index in [9.17, 15) is 4.79 Å². The number of hydrogen-bond donors (Lipinski definition) is 1. The third kappa shape index (κ3) is 5.04. The maximum absolute atomic E-state index is 12.6. The highest BCUT2D eigenvalue weighted by Gasteiger charge is 2.28. The molecule has 152 valence electrons. The molecule has 8 nitrogen and oxygen atoms in total. The van der Waals surface area contributed by atoms with Gasteiger partial charge in [0.2, 0.25) is 5.91 Å². The third-order valence-electron chi connectivity index (χ3n) is 4.65. The molecule has 29 heavy (non-hydrogen) atoms. The number of ether oxygens (including phenoxy) is 1. The molecule has 1 amide bonds.